The summed E-state index contributed by atoms with van der Waals surface area (Å²) in [5.41, 5.74) is 0. The van der Waals surface area contributed by atoms with Gasteiger partial charge in [0.05, 0.1) is 6.61 Å². The first kappa shape index (κ1) is 10.0. The zero-order chi connectivity index (χ0) is 9.14. The van der Waals surface area contributed by atoms with E-state index in [4.69, 9.17) is 4.74 Å². The fraction of sp³-hybridized carbons (Fsp3) is 1.00. The lowest BCUT2D eigenvalue weighted by Gasteiger charge is -2.26. The largest absolute Gasteiger partial charge is 0.363 e. The van der Waals surface area contributed by atoms with E-state index in [0.717, 1.165) is 13.2 Å². The normalized spacial score (nSPS) is 36.2. The molecule has 0 radical (unpaired) electrons. The first-order chi connectivity index (χ1) is 5.66. The average Bonchev–Trinajstić information content (AvgIpc) is 2.34. The van der Waals surface area contributed by atoms with Crippen molar-refractivity contribution in [3.63, 3.8) is 0 Å². The van der Waals surface area contributed by atoms with E-state index in [1.807, 2.05) is 0 Å². The van der Waals surface area contributed by atoms with Gasteiger partial charge in [0.25, 0.3) is 0 Å². The summed E-state index contributed by atoms with van der Waals surface area (Å²) >= 11 is 0. The third-order valence-electron chi connectivity index (χ3n) is 2.89. The SMILES string of the molecule is CCCN(C)C1OCC(C)C1C. The lowest BCUT2D eigenvalue weighted by atomic mass is 9.98. The van der Waals surface area contributed by atoms with E-state index >= 15 is 0 Å². The Morgan fingerprint density at radius 3 is 2.50 bits per heavy atom. The lowest BCUT2D eigenvalue weighted by molar-refractivity contribution is -0.0231. The quantitative estimate of drug-likeness (QED) is 0.643. The van der Waals surface area contributed by atoms with Gasteiger partial charge in [-0.1, -0.05) is 20.8 Å². The molecular formula is C10H21NO. The Morgan fingerprint density at radius 2 is 2.08 bits per heavy atom. The number of hydrogen-bond donors (Lipinski definition) is 0. The van der Waals surface area contributed by atoms with Gasteiger partial charge in [0.15, 0.2) is 0 Å². The fourth-order valence-corrected chi connectivity index (χ4v) is 1.84. The molecule has 0 saturated carbocycles. The molecule has 1 fully saturated rings. The van der Waals surface area contributed by atoms with Crippen LogP contribution in [0.25, 0.3) is 0 Å². The second kappa shape index (κ2) is 4.24. The van der Waals surface area contributed by atoms with Crippen LogP contribution in [0.1, 0.15) is 27.2 Å². The highest BCUT2D eigenvalue weighted by Crippen LogP contribution is 2.27. The Kier molecular flexibility index (Phi) is 3.53. The van der Waals surface area contributed by atoms with Gasteiger partial charge in [-0.3, -0.25) is 4.90 Å². The highest BCUT2D eigenvalue weighted by molar-refractivity contribution is 4.77. The molecule has 0 N–H and O–H groups in total. The van der Waals surface area contributed by atoms with Crippen molar-refractivity contribution >= 4 is 0 Å². The van der Waals surface area contributed by atoms with E-state index in [1.165, 1.54) is 6.42 Å². The predicted molar refractivity (Wildman–Crippen MR) is 51.0 cm³/mol. The van der Waals surface area contributed by atoms with Gasteiger partial charge in [0, 0.05) is 5.92 Å². The summed E-state index contributed by atoms with van der Waals surface area (Å²) in [6.07, 6.45) is 1.57. The average molecular weight is 171 g/mol. The molecule has 0 aromatic heterocycles. The molecule has 0 aliphatic carbocycles. The first-order valence-corrected chi connectivity index (χ1v) is 4.98. The van der Waals surface area contributed by atoms with Crippen LogP contribution in [0.2, 0.25) is 0 Å². The molecule has 3 unspecified atom stereocenters. The monoisotopic (exact) mass is 171 g/mol. The van der Waals surface area contributed by atoms with Crippen molar-refractivity contribution in [2.24, 2.45) is 11.8 Å². The highest BCUT2D eigenvalue weighted by atomic mass is 16.5. The van der Waals surface area contributed by atoms with E-state index in [-0.39, 0.29) is 0 Å². The topological polar surface area (TPSA) is 12.5 Å². The Hall–Kier alpha value is -0.0800. The van der Waals surface area contributed by atoms with E-state index in [2.05, 4.69) is 32.7 Å². The van der Waals surface area contributed by atoms with Crippen molar-refractivity contribution in [2.45, 2.75) is 33.4 Å². The summed E-state index contributed by atoms with van der Waals surface area (Å²) in [6, 6.07) is 0. The van der Waals surface area contributed by atoms with E-state index < -0.39 is 0 Å². The van der Waals surface area contributed by atoms with Gasteiger partial charge < -0.3 is 4.74 Å². The maximum absolute atomic E-state index is 5.72. The molecule has 0 spiro atoms. The molecule has 1 heterocycles. The molecule has 0 bridgehead atoms. The van der Waals surface area contributed by atoms with Crippen molar-refractivity contribution in [3.05, 3.63) is 0 Å². The molecule has 0 amide bonds. The molecule has 3 atom stereocenters. The number of rotatable bonds is 3. The summed E-state index contributed by atoms with van der Waals surface area (Å²) in [6.45, 7) is 8.83. The third-order valence-corrected chi connectivity index (χ3v) is 2.89. The minimum Gasteiger partial charge on any atom is -0.363 e. The van der Waals surface area contributed by atoms with Gasteiger partial charge in [-0.2, -0.15) is 0 Å². The van der Waals surface area contributed by atoms with E-state index in [0.29, 0.717) is 18.1 Å². The second-order valence-electron chi connectivity index (χ2n) is 4.04. The van der Waals surface area contributed by atoms with Crippen LogP contribution in [0.4, 0.5) is 0 Å². The van der Waals surface area contributed by atoms with Crippen LogP contribution in [0.15, 0.2) is 0 Å². The van der Waals surface area contributed by atoms with Crippen LogP contribution in [0.5, 0.6) is 0 Å². The molecule has 2 nitrogen and oxygen atoms in total. The smallest absolute Gasteiger partial charge is 0.113 e. The lowest BCUT2D eigenvalue weighted by Crippen LogP contribution is -2.36. The molecule has 1 aliphatic rings. The van der Waals surface area contributed by atoms with Gasteiger partial charge >= 0.3 is 0 Å². The first-order valence-electron chi connectivity index (χ1n) is 4.98. The highest BCUT2D eigenvalue weighted by Gasteiger charge is 2.32. The van der Waals surface area contributed by atoms with Crippen molar-refractivity contribution in [1.82, 2.24) is 4.90 Å². The Balaban J connectivity index is 2.41. The summed E-state index contributed by atoms with van der Waals surface area (Å²) in [5.74, 6) is 1.40. The molecule has 2 heteroatoms. The zero-order valence-corrected chi connectivity index (χ0v) is 8.71. The molecule has 12 heavy (non-hydrogen) atoms. The van der Waals surface area contributed by atoms with Gasteiger partial charge in [0.1, 0.15) is 6.23 Å². The fourth-order valence-electron chi connectivity index (χ4n) is 1.84. The molecule has 72 valence electrons. The minimum atomic E-state index is 0.361. The maximum Gasteiger partial charge on any atom is 0.113 e. The Bertz CT molecular complexity index is 138. The van der Waals surface area contributed by atoms with Gasteiger partial charge in [-0.15, -0.1) is 0 Å². The standard InChI is InChI=1S/C10H21NO/c1-5-6-11(4)10-9(3)8(2)7-12-10/h8-10H,5-7H2,1-4H3. The van der Waals surface area contributed by atoms with Crippen LogP contribution in [0, 0.1) is 11.8 Å². The van der Waals surface area contributed by atoms with Crippen LogP contribution in [-0.2, 0) is 4.74 Å². The molecule has 1 aliphatic heterocycles. The van der Waals surface area contributed by atoms with Gasteiger partial charge in [0.2, 0.25) is 0 Å². The molecule has 1 saturated heterocycles. The van der Waals surface area contributed by atoms with E-state index in [1.54, 1.807) is 0 Å². The molecule has 0 aromatic rings. The van der Waals surface area contributed by atoms with Crippen molar-refractivity contribution in [2.75, 3.05) is 20.2 Å². The molecular weight excluding hydrogens is 150 g/mol. The summed E-state index contributed by atoms with van der Waals surface area (Å²) < 4.78 is 5.72. The van der Waals surface area contributed by atoms with Crippen molar-refractivity contribution < 1.29 is 4.74 Å². The van der Waals surface area contributed by atoms with Crippen LogP contribution in [0.3, 0.4) is 0 Å². The summed E-state index contributed by atoms with van der Waals surface area (Å²) in [4.78, 5) is 2.33. The minimum absolute atomic E-state index is 0.361. The van der Waals surface area contributed by atoms with Gasteiger partial charge in [-0.05, 0) is 25.9 Å². The van der Waals surface area contributed by atoms with Gasteiger partial charge in [-0.25, -0.2) is 0 Å². The summed E-state index contributed by atoms with van der Waals surface area (Å²) in [5, 5.41) is 0. The van der Waals surface area contributed by atoms with Crippen molar-refractivity contribution in [1.29, 1.82) is 0 Å². The van der Waals surface area contributed by atoms with E-state index in [9.17, 15) is 0 Å². The number of hydrogen-bond acceptors (Lipinski definition) is 2. The van der Waals surface area contributed by atoms with Crippen LogP contribution < -0.4 is 0 Å². The zero-order valence-electron chi connectivity index (χ0n) is 8.71. The number of ether oxygens (including phenoxy) is 1. The maximum atomic E-state index is 5.72. The Morgan fingerprint density at radius 1 is 1.42 bits per heavy atom. The van der Waals surface area contributed by atoms with Crippen molar-refractivity contribution in [3.8, 4) is 0 Å². The summed E-state index contributed by atoms with van der Waals surface area (Å²) in [7, 11) is 2.16. The second-order valence-corrected chi connectivity index (χ2v) is 4.04. The molecule has 0 aromatic carbocycles. The Labute approximate surface area is 75.9 Å². The predicted octanol–water partition coefficient (Wildman–Crippen LogP) is 1.96. The third kappa shape index (κ3) is 1.99. The van der Waals surface area contributed by atoms with Crippen LogP contribution >= 0.6 is 0 Å². The number of nitrogens with zero attached hydrogens (tertiary/aromatic N) is 1. The van der Waals surface area contributed by atoms with Crippen LogP contribution in [-0.4, -0.2) is 31.3 Å². The molecule has 1 rings (SSSR count).